The highest BCUT2D eigenvalue weighted by Gasteiger charge is 2.39. The Hall–Kier alpha value is -2.58. The molecule has 1 aromatic carbocycles. The summed E-state index contributed by atoms with van der Waals surface area (Å²) in [5.41, 5.74) is 1.03. The van der Waals surface area contributed by atoms with Crippen molar-refractivity contribution in [3.05, 3.63) is 35.9 Å². The van der Waals surface area contributed by atoms with Crippen LogP contribution in [0, 0.1) is 5.92 Å². The van der Waals surface area contributed by atoms with Crippen molar-refractivity contribution in [2.45, 2.75) is 6.42 Å². The highest BCUT2D eigenvalue weighted by Crippen LogP contribution is 2.11. The smallest absolute Gasteiger partial charge is 0.330 e. The number of benzene rings is 1. The van der Waals surface area contributed by atoms with Crippen LogP contribution in [0.5, 0.6) is 0 Å². The van der Waals surface area contributed by atoms with Crippen LogP contribution in [0.25, 0.3) is 0 Å². The van der Waals surface area contributed by atoms with E-state index in [1.54, 1.807) is 0 Å². The maximum absolute atomic E-state index is 12.6. The van der Waals surface area contributed by atoms with Gasteiger partial charge in [-0.3, -0.25) is 24.8 Å². The van der Waals surface area contributed by atoms with E-state index >= 15 is 0 Å². The Labute approximate surface area is 158 Å². The maximum Gasteiger partial charge on any atom is 0.330 e. The molecule has 0 bridgehead atoms. The number of nitrogens with one attached hydrogen (secondary N) is 2. The van der Waals surface area contributed by atoms with E-state index in [1.165, 1.54) is 11.1 Å². The van der Waals surface area contributed by atoms with E-state index in [1.807, 2.05) is 30.3 Å². The quantitative estimate of drug-likeness (QED) is 0.363. The van der Waals surface area contributed by atoms with Gasteiger partial charge < -0.3 is 10.2 Å². The number of quaternary nitrogens is 2. The van der Waals surface area contributed by atoms with Crippen LogP contribution in [0.3, 0.4) is 0 Å². The zero-order valence-electron chi connectivity index (χ0n) is 15.4. The molecule has 0 spiro atoms. The number of hydrogen-bond donors (Lipinski definition) is 3. The predicted molar refractivity (Wildman–Crippen MR) is 99.5 cm³/mol. The lowest BCUT2D eigenvalue weighted by Gasteiger charge is -2.28. The maximum atomic E-state index is 12.6. The summed E-state index contributed by atoms with van der Waals surface area (Å²) in [4.78, 5) is 43.6. The SMILES string of the molecule is O=C1NC(=O)N(CCc2ccccc2)C(=O)[C@H]1C=NCC[NH+]1CC[NH2+]CC1. The number of hydrogen-bond acceptors (Lipinski definition) is 4. The molecular formula is C19H27N5O3+2. The molecule has 144 valence electrons. The molecule has 2 heterocycles. The minimum atomic E-state index is -1.02. The fourth-order valence-corrected chi connectivity index (χ4v) is 3.39. The second-order valence-electron chi connectivity index (χ2n) is 6.92. The second kappa shape index (κ2) is 9.38. The van der Waals surface area contributed by atoms with E-state index < -0.39 is 23.8 Å². The molecule has 8 nitrogen and oxygen atoms in total. The van der Waals surface area contributed by atoms with Gasteiger partial charge in [0.25, 0.3) is 0 Å². The fraction of sp³-hybridized carbons (Fsp3) is 0.474. The van der Waals surface area contributed by atoms with E-state index in [9.17, 15) is 14.4 Å². The molecule has 0 radical (unpaired) electrons. The molecule has 4 amide bonds. The van der Waals surface area contributed by atoms with E-state index in [2.05, 4.69) is 15.6 Å². The van der Waals surface area contributed by atoms with E-state index in [4.69, 9.17) is 0 Å². The van der Waals surface area contributed by atoms with Crippen molar-refractivity contribution in [1.82, 2.24) is 10.2 Å². The number of barbiturate groups is 1. The summed E-state index contributed by atoms with van der Waals surface area (Å²) in [7, 11) is 0. The number of urea groups is 1. The Kier molecular flexibility index (Phi) is 6.67. The van der Waals surface area contributed by atoms with E-state index in [0.717, 1.165) is 43.2 Å². The third kappa shape index (κ3) is 5.21. The summed E-state index contributed by atoms with van der Waals surface area (Å²) in [5, 5.41) is 4.57. The van der Waals surface area contributed by atoms with Gasteiger partial charge in [-0.15, -0.1) is 0 Å². The number of imide groups is 2. The number of aliphatic imine (C=N–C) groups is 1. The summed E-state index contributed by atoms with van der Waals surface area (Å²) in [6.07, 6.45) is 1.95. The number of rotatable bonds is 7. The van der Waals surface area contributed by atoms with Crippen LogP contribution in [0.4, 0.5) is 4.79 Å². The number of nitrogens with zero attached hydrogens (tertiary/aromatic N) is 2. The van der Waals surface area contributed by atoms with Crippen molar-refractivity contribution in [3.8, 4) is 0 Å². The minimum absolute atomic E-state index is 0.237. The molecular weight excluding hydrogens is 346 g/mol. The summed E-state index contributed by atoms with van der Waals surface area (Å²) in [6, 6.07) is 8.97. The van der Waals surface area contributed by atoms with Crippen LogP contribution >= 0.6 is 0 Å². The lowest BCUT2D eigenvalue weighted by Crippen LogP contribution is -3.20. The van der Waals surface area contributed by atoms with Gasteiger partial charge in [0.05, 0.1) is 13.1 Å². The normalized spacial score (nSPS) is 21.7. The molecule has 4 N–H and O–H groups in total. The molecule has 2 aliphatic heterocycles. The van der Waals surface area contributed by atoms with Gasteiger partial charge in [-0.25, -0.2) is 4.79 Å². The Morgan fingerprint density at radius 2 is 1.93 bits per heavy atom. The molecule has 3 rings (SSSR count). The van der Waals surface area contributed by atoms with Crippen molar-refractivity contribution in [3.63, 3.8) is 0 Å². The first-order valence-electron chi connectivity index (χ1n) is 9.50. The summed E-state index contributed by atoms with van der Waals surface area (Å²) >= 11 is 0. The van der Waals surface area contributed by atoms with Crippen molar-refractivity contribution >= 4 is 24.1 Å². The molecule has 2 aliphatic rings. The van der Waals surface area contributed by atoms with Gasteiger partial charge >= 0.3 is 6.03 Å². The molecule has 8 heteroatoms. The average Bonchev–Trinajstić information content (AvgIpc) is 2.68. The fourth-order valence-electron chi connectivity index (χ4n) is 3.39. The topological polar surface area (TPSA) is 99.9 Å². The molecule has 27 heavy (non-hydrogen) atoms. The minimum Gasteiger partial charge on any atom is -0.337 e. The highest BCUT2D eigenvalue weighted by atomic mass is 16.2. The van der Waals surface area contributed by atoms with Gasteiger partial charge in [0, 0.05) is 12.8 Å². The van der Waals surface area contributed by atoms with Gasteiger partial charge in [0.2, 0.25) is 11.8 Å². The predicted octanol–water partition coefficient (Wildman–Crippen LogP) is -2.54. The average molecular weight is 373 g/mol. The molecule has 0 unspecified atom stereocenters. The third-order valence-electron chi connectivity index (χ3n) is 5.01. The van der Waals surface area contributed by atoms with Crippen LogP contribution in [0.2, 0.25) is 0 Å². The first-order chi connectivity index (χ1) is 13.1. The first kappa shape index (κ1) is 19.2. The van der Waals surface area contributed by atoms with Crippen molar-refractivity contribution < 1.29 is 24.6 Å². The lowest BCUT2D eigenvalue weighted by atomic mass is 10.1. The molecule has 2 fully saturated rings. The van der Waals surface area contributed by atoms with Gasteiger partial charge in [-0.1, -0.05) is 30.3 Å². The standard InChI is InChI=1S/C19H25N5O3/c25-17-16(14-21-9-13-23-11-7-20-8-12-23)18(26)24(19(27)22-17)10-6-15-4-2-1-3-5-15/h1-5,14,16,20H,6-13H2,(H,22,25,27)/p+2/t16-/m0/s1. The lowest BCUT2D eigenvalue weighted by molar-refractivity contribution is -0.945. The number of carbonyl (C=O) groups excluding carboxylic acids is 3. The zero-order valence-corrected chi connectivity index (χ0v) is 15.4. The Morgan fingerprint density at radius 1 is 1.19 bits per heavy atom. The van der Waals surface area contributed by atoms with Crippen molar-refractivity contribution in [2.24, 2.45) is 10.9 Å². The van der Waals surface area contributed by atoms with Crippen molar-refractivity contribution in [1.29, 1.82) is 0 Å². The van der Waals surface area contributed by atoms with E-state index in [-0.39, 0.29) is 6.54 Å². The molecule has 2 saturated heterocycles. The van der Waals surface area contributed by atoms with E-state index in [0.29, 0.717) is 13.0 Å². The Bertz CT molecular complexity index is 701. The van der Waals surface area contributed by atoms with Crippen LogP contribution in [0.1, 0.15) is 5.56 Å². The molecule has 0 aromatic heterocycles. The molecule has 0 aliphatic carbocycles. The van der Waals surface area contributed by atoms with Crippen molar-refractivity contribution in [2.75, 3.05) is 45.8 Å². The van der Waals surface area contributed by atoms with Gasteiger partial charge in [-0.2, -0.15) is 0 Å². The number of nitrogens with two attached hydrogens (primary N) is 1. The summed E-state index contributed by atoms with van der Waals surface area (Å²) in [6.45, 7) is 6.18. The molecule has 0 saturated carbocycles. The zero-order chi connectivity index (χ0) is 19.1. The Morgan fingerprint density at radius 3 is 2.67 bits per heavy atom. The van der Waals surface area contributed by atoms with Gasteiger partial charge in [0.15, 0.2) is 5.92 Å². The van der Waals surface area contributed by atoms with Crippen LogP contribution < -0.4 is 15.5 Å². The summed E-state index contributed by atoms with van der Waals surface area (Å²) < 4.78 is 0. The third-order valence-corrected chi connectivity index (χ3v) is 5.01. The van der Waals surface area contributed by atoms with Crippen LogP contribution in [0.15, 0.2) is 35.3 Å². The first-order valence-corrected chi connectivity index (χ1v) is 9.50. The highest BCUT2D eigenvalue weighted by molar-refractivity contribution is 6.23. The Balaban J connectivity index is 1.54. The largest absolute Gasteiger partial charge is 0.337 e. The second-order valence-corrected chi connectivity index (χ2v) is 6.92. The number of carbonyl (C=O) groups is 3. The van der Waals surface area contributed by atoms with Crippen LogP contribution in [-0.4, -0.2) is 74.8 Å². The van der Waals surface area contributed by atoms with Crippen LogP contribution in [-0.2, 0) is 16.0 Å². The monoisotopic (exact) mass is 373 g/mol. The number of amides is 4. The molecule has 1 aromatic rings. The summed E-state index contributed by atoms with van der Waals surface area (Å²) in [5.74, 6) is -2.11. The van der Waals surface area contributed by atoms with Gasteiger partial charge in [0.1, 0.15) is 26.2 Å². The van der Waals surface area contributed by atoms with Gasteiger partial charge in [-0.05, 0) is 12.0 Å². The number of piperazine rings is 1. The molecule has 1 atom stereocenters.